The van der Waals surface area contributed by atoms with Crippen LogP contribution in [0, 0.1) is 6.92 Å². The third-order valence-corrected chi connectivity index (χ3v) is 3.36. The maximum atomic E-state index is 12.1. The number of aromatic amines is 1. The number of nitrogens with zero attached hydrogens (tertiary/aromatic N) is 2. The standard InChI is InChI=1S/C12H13N3O2S/c1-8-14-5-9(18-8)7-15(2)12(17)10-6-13-4-3-11(10)16/h3-6H,7H2,1-2H3,(H,13,16). The van der Waals surface area contributed by atoms with Gasteiger partial charge in [-0.2, -0.15) is 0 Å². The van der Waals surface area contributed by atoms with Gasteiger partial charge in [-0.15, -0.1) is 11.3 Å². The first-order valence-corrected chi connectivity index (χ1v) is 6.23. The minimum absolute atomic E-state index is 0.154. The number of aromatic nitrogens is 2. The molecule has 0 aromatic carbocycles. The lowest BCUT2D eigenvalue weighted by molar-refractivity contribution is 0.0784. The van der Waals surface area contributed by atoms with E-state index in [0.29, 0.717) is 6.54 Å². The highest BCUT2D eigenvalue weighted by molar-refractivity contribution is 7.11. The highest BCUT2D eigenvalue weighted by atomic mass is 32.1. The number of carbonyl (C=O) groups is 1. The number of rotatable bonds is 3. The summed E-state index contributed by atoms with van der Waals surface area (Å²) < 4.78 is 0. The van der Waals surface area contributed by atoms with Crippen LogP contribution >= 0.6 is 11.3 Å². The van der Waals surface area contributed by atoms with Crippen molar-refractivity contribution in [2.45, 2.75) is 13.5 Å². The molecular weight excluding hydrogens is 250 g/mol. The van der Waals surface area contributed by atoms with E-state index in [9.17, 15) is 9.59 Å². The molecule has 94 valence electrons. The molecule has 1 amide bonds. The number of amides is 1. The van der Waals surface area contributed by atoms with Crippen molar-refractivity contribution in [1.29, 1.82) is 0 Å². The third-order valence-electron chi connectivity index (χ3n) is 2.46. The largest absolute Gasteiger partial charge is 0.367 e. The van der Waals surface area contributed by atoms with Gasteiger partial charge in [0.05, 0.1) is 11.6 Å². The summed E-state index contributed by atoms with van der Waals surface area (Å²) in [6, 6.07) is 1.35. The molecular formula is C12H13N3O2S. The van der Waals surface area contributed by atoms with E-state index >= 15 is 0 Å². The van der Waals surface area contributed by atoms with E-state index in [1.165, 1.54) is 23.4 Å². The van der Waals surface area contributed by atoms with E-state index in [2.05, 4.69) is 9.97 Å². The van der Waals surface area contributed by atoms with Gasteiger partial charge in [0, 0.05) is 36.6 Å². The zero-order valence-corrected chi connectivity index (χ0v) is 11.0. The molecule has 0 unspecified atom stereocenters. The van der Waals surface area contributed by atoms with Gasteiger partial charge in [-0.05, 0) is 6.92 Å². The molecule has 6 heteroatoms. The Bertz CT molecular complexity index is 618. The topological polar surface area (TPSA) is 66.1 Å². The molecule has 0 fully saturated rings. The van der Waals surface area contributed by atoms with E-state index in [1.54, 1.807) is 24.6 Å². The SMILES string of the molecule is Cc1ncc(CN(C)C(=O)c2c[nH]ccc2=O)s1. The van der Waals surface area contributed by atoms with Gasteiger partial charge in [0.1, 0.15) is 5.56 Å². The van der Waals surface area contributed by atoms with Gasteiger partial charge in [0.25, 0.3) is 5.91 Å². The van der Waals surface area contributed by atoms with Crippen LogP contribution in [0.25, 0.3) is 0 Å². The quantitative estimate of drug-likeness (QED) is 0.910. The summed E-state index contributed by atoms with van der Waals surface area (Å²) in [4.78, 5) is 33.0. The van der Waals surface area contributed by atoms with Crippen molar-refractivity contribution in [3.05, 3.63) is 50.3 Å². The molecule has 0 aliphatic carbocycles. The average Bonchev–Trinajstić information content (AvgIpc) is 2.74. The van der Waals surface area contributed by atoms with Crippen molar-refractivity contribution in [1.82, 2.24) is 14.9 Å². The number of thiazole rings is 1. The maximum Gasteiger partial charge on any atom is 0.259 e. The second kappa shape index (κ2) is 5.14. The van der Waals surface area contributed by atoms with E-state index < -0.39 is 0 Å². The van der Waals surface area contributed by atoms with E-state index in [-0.39, 0.29) is 16.9 Å². The summed E-state index contributed by atoms with van der Waals surface area (Å²) in [6.07, 6.45) is 4.68. The number of carbonyl (C=O) groups excluding carboxylic acids is 1. The first-order valence-electron chi connectivity index (χ1n) is 5.42. The predicted octanol–water partition coefficient (Wildman–Crippen LogP) is 1.41. The molecule has 0 saturated heterocycles. The Morgan fingerprint density at radius 1 is 1.56 bits per heavy atom. The molecule has 2 aromatic rings. The first-order chi connectivity index (χ1) is 8.58. The Kier molecular flexibility index (Phi) is 3.57. The molecule has 1 N–H and O–H groups in total. The highest BCUT2D eigenvalue weighted by Gasteiger charge is 2.15. The van der Waals surface area contributed by atoms with Crippen LogP contribution in [0.1, 0.15) is 20.2 Å². The lowest BCUT2D eigenvalue weighted by Crippen LogP contribution is -2.30. The minimum Gasteiger partial charge on any atom is -0.367 e. The van der Waals surface area contributed by atoms with Gasteiger partial charge < -0.3 is 9.88 Å². The molecule has 5 nitrogen and oxygen atoms in total. The Balaban J connectivity index is 2.15. The number of pyridine rings is 1. The molecule has 18 heavy (non-hydrogen) atoms. The summed E-state index contributed by atoms with van der Waals surface area (Å²) in [5.74, 6) is -0.289. The fraction of sp³-hybridized carbons (Fsp3) is 0.250. The van der Waals surface area contributed by atoms with E-state index in [1.807, 2.05) is 6.92 Å². The molecule has 2 heterocycles. The summed E-state index contributed by atoms with van der Waals surface area (Å²) in [5.41, 5.74) is -0.118. The monoisotopic (exact) mass is 263 g/mol. The molecule has 0 radical (unpaired) electrons. The number of hydrogen-bond acceptors (Lipinski definition) is 4. The van der Waals surface area contributed by atoms with Crippen molar-refractivity contribution in [2.24, 2.45) is 0 Å². The van der Waals surface area contributed by atoms with Crippen LogP contribution < -0.4 is 5.43 Å². The Hall–Kier alpha value is -1.95. The number of H-pyrrole nitrogens is 1. The Labute approximate surface area is 108 Å². The van der Waals surface area contributed by atoms with Crippen LogP contribution in [0.4, 0.5) is 0 Å². The third kappa shape index (κ3) is 2.65. The van der Waals surface area contributed by atoms with Crippen LogP contribution in [0.2, 0.25) is 0 Å². The minimum atomic E-state index is -0.289. The van der Waals surface area contributed by atoms with Crippen molar-refractivity contribution in [2.75, 3.05) is 7.05 Å². The highest BCUT2D eigenvalue weighted by Crippen LogP contribution is 2.14. The van der Waals surface area contributed by atoms with Gasteiger partial charge in [0.15, 0.2) is 5.43 Å². The fourth-order valence-corrected chi connectivity index (χ4v) is 2.42. The number of aryl methyl sites for hydroxylation is 1. The van der Waals surface area contributed by atoms with Gasteiger partial charge in [-0.25, -0.2) is 4.98 Å². The fourth-order valence-electron chi connectivity index (χ4n) is 1.57. The Morgan fingerprint density at radius 3 is 2.94 bits per heavy atom. The second-order valence-corrected chi connectivity index (χ2v) is 5.25. The van der Waals surface area contributed by atoms with Crippen molar-refractivity contribution >= 4 is 17.2 Å². The lowest BCUT2D eigenvalue weighted by atomic mass is 10.2. The van der Waals surface area contributed by atoms with Crippen LogP contribution in [-0.2, 0) is 6.54 Å². The van der Waals surface area contributed by atoms with Crippen LogP contribution in [-0.4, -0.2) is 27.8 Å². The zero-order valence-electron chi connectivity index (χ0n) is 10.1. The summed E-state index contributed by atoms with van der Waals surface area (Å²) in [7, 11) is 1.67. The van der Waals surface area contributed by atoms with Gasteiger partial charge >= 0.3 is 0 Å². The van der Waals surface area contributed by atoms with Gasteiger partial charge in [-0.1, -0.05) is 0 Å². The molecule has 0 spiro atoms. The van der Waals surface area contributed by atoms with Gasteiger partial charge in [0.2, 0.25) is 0 Å². The van der Waals surface area contributed by atoms with Crippen molar-refractivity contribution in [3.63, 3.8) is 0 Å². The molecule has 0 aliphatic heterocycles. The average molecular weight is 263 g/mol. The van der Waals surface area contributed by atoms with Crippen molar-refractivity contribution in [3.8, 4) is 0 Å². The molecule has 0 bridgehead atoms. The summed E-state index contributed by atoms with van der Waals surface area (Å²) >= 11 is 1.54. The van der Waals surface area contributed by atoms with Crippen LogP contribution in [0.3, 0.4) is 0 Å². The smallest absolute Gasteiger partial charge is 0.259 e. The molecule has 0 atom stereocenters. The first kappa shape index (κ1) is 12.5. The summed E-state index contributed by atoms with van der Waals surface area (Å²) in [5, 5.41) is 0.961. The molecule has 2 aromatic heterocycles. The second-order valence-electron chi connectivity index (χ2n) is 3.93. The number of hydrogen-bond donors (Lipinski definition) is 1. The van der Waals surface area contributed by atoms with E-state index in [4.69, 9.17) is 0 Å². The maximum absolute atomic E-state index is 12.1. The van der Waals surface area contributed by atoms with Gasteiger partial charge in [-0.3, -0.25) is 9.59 Å². The zero-order chi connectivity index (χ0) is 13.1. The summed E-state index contributed by atoms with van der Waals surface area (Å²) in [6.45, 7) is 2.37. The molecule has 0 aliphatic rings. The predicted molar refractivity (Wildman–Crippen MR) is 69.7 cm³/mol. The normalized spacial score (nSPS) is 10.3. The van der Waals surface area contributed by atoms with Crippen LogP contribution in [0.5, 0.6) is 0 Å². The number of nitrogens with one attached hydrogen (secondary N) is 1. The van der Waals surface area contributed by atoms with Crippen LogP contribution in [0.15, 0.2) is 29.5 Å². The van der Waals surface area contributed by atoms with Crippen molar-refractivity contribution < 1.29 is 4.79 Å². The van der Waals surface area contributed by atoms with E-state index in [0.717, 1.165) is 9.88 Å². The Morgan fingerprint density at radius 2 is 2.33 bits per heavy atom. The molecule has 0 saturated carbocycles. The molecule has 2 rings (SSSR count). The lowest BCUT2D eigenvalue weighted by Gasteiger charge is -2.15.